The van der Waals surface area contributed by atoms with Gasteiger partial charge in [-0.05, 0) is 6.07 Å². The Hall–Kier alpha value is -1.37. The van der Waals surface area contributed by atoms with E-state index in [0.29, 0.717) is 31.3 Å². The molecule has 0 spiro atoms. The minimum absolute atomic E-state index is 0.00705. The zero-order chi connectivity index (χ0) is 13.1. The number of hydrogen-bond acceptors (Lipinski definition) is 5. The van der Waals surface area contributed by atoms with E-state index in [0.717, 1.165) is 5.69 Å². The van der Waals surface area contributed by atoms with E-state index in [4.69, 9.17) is 22.1 Å². The first-order valence-electron chi connectivity index (χ1n) is 5.62. The Bertz CT molecular complexity index is 455. The first kappa shape index (κ1) is 13.1. The van der Waals surface area contributed by atoms with E-state index in [1.54, 1.807) is 6.07 Å². The zero-order valence-electron chi connectivity index (χ0n) is 9.71. The molecule has 6 nitrogen and oxygen atoms in total. The summed E-state index contributed by atoms with van der Waals surface area (Å²) in [6.07, 6.45) is -0.0231. The first-order valence-corrected chi connectivity index (χ1v) is 6.00. The van der Waals surface area contributed by atoms with Crippen LogP contribution in [0.15, 0.2) is 18.2 Å². The second kappa shape index (κ2) is 5.51. The number of ether oxygens (including phenoxy) is 1. The third kappa shape index (κ3) is 2.72. The molecule has 1 fully saturated rings. The molecule has 1 saturated heterocycles. The topological polar surface area (TPSA) is 81.6 Å². The number of nitro groups is 1. The molecule has 0 bridgehead atoms. The Labute approximate surface area is 109 Å². The number of benzene rings is 1. The molecular formula is C11H14ClN3O3. The van der Waals surface area contributed by atoms with E-state index >= 15 is 0 Å². The van der Waals surface area contributed by atoms with Crippen molar-refractivity contribution in [3.8, 4) is 0 Å². The van der Waals surface area contributed by atoms with Gasteiger partial charge in [-0.2, -0.15) is 0 Å². The van der Waals surface area contributed by atoms with Crippen molar-refractivity contribution in [2.24, 2.45) is 5.73 Å². The van der Waals surface area contributed by atoms with Gasteiger partial charge in [0.15, 0.2) is 0 Å². The Balaban J connectivity index is 2.20. The maximum Gasteiger partial charge on any atom is 0.271 e. The molecule has 1 heterocycles. The van der Waals surface area contributed by atoms with E-state index < -0.39 is 4.92 Å². The molecule has 0 amide bonds. The number of halogens is 1. The molecule has 2 N–H and O–H groups in total. The minimum atomic E-state index is -0.461. The lowest BCUT2D eigenvalue weighted by Gasteiger charge is -2.34. The van der Waals surface area contributed by atoms with E-state index in [9.17, 15) is 10.1 Å². The Kier molecular flexibility index (Phi) is 4.00. The van der Waals surface area contributed by atoms with Gasteiger partial charge in [-0.3, -0.25) is 10.1 Å². The monoisotopic (exact) mass is 271 g/mol. The number of nitrogens with zero attached hydrogens (tertiary/aromatic N) is 2. The van der Waals surface area contributed by atoms with Gasteiger partial charge in [0.25, 0.3) is 5.69 Å². The maximum atomic E-state index is 10.6. The zero-order valence-corrected chi connectivity index (χ0v) is 10.5. The van der Waals surface area contributed by atoms with Crippen LogP contribution in [0.5, 0.6) is 0 Å². The van der Waals surface area contributed by atoms with Crippen LogP contribution in [0.3, 0.4) is 0 Å². The van der Waals surface area contributed by atoms with Gasteiger partial charge in [-0.25, -0.2) is 0 Å². The number of rotatable bonds is 3. The largest absolute Gasteiger partial charge is 0.373 e. The van der Waals surface area contributed by atoms with Crippen LogP contribution in [-0.2, 0) is 4.74 Å². The van der Waals surface area contributed by atoms with Crippen LogP contribution in [-0.4, -0.2) is 37.3 Å². The predicted octanol–water partition coefficient (Wildman–Crippen LogP) is 1.41. The second-order valence-corrected chi connectivity index (χ2v) is 4.47. The van der Waals surface area contributed by atoms with Gasteiger partial charge < -0.3 is 15.4 Å². The number of nitro benzene ring substituents is 1. The Morgan fingerprint density at radius 1 is 1.61 bits per heavy atom. The van der Waals surface area contributed by atoms with Crippen molar-refractivity contribution in [2.45, 2.75) is 6.10 Å². The molecule has 1 aromatic carbocycles. The smallest absolute Gasteiger partial charge is 0.271 e. The summed E-state index contributed by atoms with van der Waals surface area (Å²) in [7, 11) is 0. The molecule has 18 heavy (non-hydrogen) atoms. The lowest BCUT2D eigenvalue weighted by Crippen LogP contribution is -2.45. The number of non-ortho nitro benzene ring substituents is 1. The summed E-state index contributed by atoms with van der Waals surface area (Å²) in [6.45, 7) is 2.37. The van der Waals surface area contributed by atoms with Crippen LogP contribution < -0.4 is 10.6 Å². The van der Waals surface area contributed by atoms with Gasteiger partial charge in [0, 0.05) is 31.8 Å². The highest BCUT2D eigenvalue weighted by Gasteiger charge is 2.22. The van der Waals surface area contributed by atoms with Gasteiger partial charge in [-0.15, -0.1) is 0 Å². The van der Waals surface area contributed by atoms with Crippen molar-refractivity contribution in [3.63, 3.8) is 0 Å². The minimum Gasteiger partial charge on any atom is -0.373 e. The molecule has 98 valence electrons. The molecule has 1 aromatic rings. The third-order valence-corrected chi connectivity index (χ3v) is 3.19. The molecule has 1 aliphatic heterocycles. The SMILES string of the molecule is NCC1CN(c2ccc([N+](=O)[O-])cc2Cl)CCO1. The van der Waals surface area contributed by atoms with Gasteiger partial charge in [-0.1, -0.05) is 11.6 Å². The fourth-order valence-electron chi connectivity index (χ4n) is 1.95. The molecular weight excluding hydrogens is 258 g/mol. The number of anilines is 1. The second-order valence-electron chi connectivity index (χ2n) is 4.07. The average Bonchev–Trinajstić information content (AvgIpc) is 2.38. The van der Waals surface area contributed by atoms with Crippen LogP contribution in [0.1, 0.15) is 0 Å². The highest BCUT2D eigenvalue weighted by Crippen LogP contribution is 2.30. The van der Waals surface area contributed by atoms with Gasteiger partial charge in [0.05, 0.1) is 28.3 Å². The van der Waals surface area contributed by atoms with E-state index in [2.05, 4.69) is 0 Å². The van der Waals surface area contributed by atoms with Crippen molar-refractivity contribution >= 4 is 23.0 Å². The summed E-state index contributed by atoms with van der Waals surface area (Å²) in [5.74, 6) is 0. The molecule has 0 radical (unpaired) electrons. The summed E-state index contributed by atoms with van der Waals surface area (Å²) < 4.78 is 5.46. The summed E-state index contributed by atoms with van der Waals surface area (Å²) in [5.41, 5.74) is 6.35. The number of morpholine rings is 1. The lowest BCUT2D eigenvalue weighted by molar-refractivity contribution is -0.384. The molecule has 2 rings (SSSR count). The van der Waals surface area contributed by atoms with E-state index in [1.807, 2.05) is 4.90 Å². The molecule has 0 aromatic heterocycles. The summed E-state index contributed by atoms with van der Waals surface area (Å²) in [5, 5.41) is 11.0. The molecule has 0 saturated carbocycles. The van der Waals surface area contributed by atoms with Crippen molar-refractivity contribution in [3.05, 3.63) is 33.3 Å². The summed E-state index contributed by atoms with van der Waals surface area (Å²) in [4.78, 5) is 12.2. The van der Waals surface area contributed by atoms with E-state index in [1.165, 1.54) is 12.1 Å². The Morgan fingerprint density at radius 2 is 2.39 bits per heavy atom. The summed E-state index contributed by atoms with van der Waals surface area (Å²) >= 11 is 6.08. The lowest BCUT2D eigenvalue weighted by atomic mass is 10.2. The van der Waals surface area contributed by atoms with Crippen molar-refractivity contribution in [2.75, 3.05) is 31.1 Å². The van der Waals surface area contributed by atoms with Crippen LogP contribution in [0, 0.1) is 10.1 Å². The van der Waals surface area contributed by atoms with Crippen molar-refractivity contribution in [1.29, 1.82) is 0 Å². The first-order chi connectivity index (χ1) is 8.61. The fraction of sp³-hybridized carbons (Fsp3) is 0.455. The van der Waals surface area contributed by atoms with Crippen molar-refractivity contribution < 1.29 is 9.66 Å². The average molecular weight is 272 g/mol. The molecule has 0 aliphatic carbocycles. The van der Waals surface area contributed by atoms with Crippen LogP contribution in [0.2, 0.25) is 5.02 Å². The van der Waals surface area contributed by atoms with Crippen LogP contribution in [0.4, 0.5) is 11.4 Å². The standard InChI is InChI=1S/C11H14ClN3O3/c12-10-5-8(15(16)17)1-2-11(10)14-3-4-18-9(6-13)7-14/h1-2,5,9H,3-4,6-7,13H2. The molecule has 1 aliphatic rings. The van der Waals surface area contributed by atoms with Crippen LogP contribution in [0.25, 0.3) is 0 Å². The molecule has 1 atom stereocenters. The predicted molar refractivity (Wildman–Crippen MR) is 69.1 cm³/mol. The summed E-state index contributed by atoms with van der Waals surface area (Å²) in [6, 6.07) is 4.48. The van der Waals surface area contributed by atoms with Gasteiger partial charge >= 0.3 is 0 Å². The van der Waals surface area contributed by atoms with Crippen LogP contribution >= 0.6 is 11.6 Å². The van der Waals surface area contributed by atoms with E-state index in [-0.39, 0.29) is 11.8 Å². The highest BCUT2D eigenvalue weighted by atomic mass is 35.5. The maximum absolute atomic E-state index is 10.6. The van der Waals surface area contributed by atoms with Crippen molar-refractivity contribution in [1.82, 2.24) is 0 Å². The highest BCUT2D eigenvalue weighted by molar-refractivity contribution is 6.33. The fourth-order valence-corrected chi connectivity index (χ4v) is 2.24. The van der Waals surface area contributed by atoms with Gasteiger partial charge in [0.2, 0.25) is 0 Å². The quantitative estimate of drug-likeness (QED) is 0.664. The third-order valence-electron chi connectivity index (χ3n) is 2.88. The number of hydrogen-bond donors (Lipinski definition) is 1. The normalized spacial score (nSPS) is 19.9. The Morgan fingerprint density at radius 3 is 3.00 bits per heavy atom. The molecule has 7 heteroatoms. The molecule has 1 unspecified atom stereocenters. The number of nitrogens with two attached hydrogens (primary N) is 1. The van der Waals surface area contributed by atoms with Gasteiger partial charge in [0.1, 0.15) is 0 Å².